The van der Waals surface area contributed by atoms with Crippen molar-refractivity contribution in [3.63, 3.8) is 0 Å². The molecule has 15 heavy (non-hydrogen) atoms. The van der Waals surface area contributed by atoms with Crippen molar-refractivity contribution in [2.24, 2.45) is 11.7 Å². The van der Waals surface area contributed by atoms with Crippen molar-refractivity contribution in [2.45, 2.75) is 26.8 Å². The highest BCUT2D eigenvalue weighted by Crippen LogP contribution is 2.11. The fourth-order valence-corrected chi connectivity index (χ4v) is 1.18. The van der Waals surface area contributed by atoms with Crippen molar-refractivity contribution < 1.29 is 4.79 Å². The number of hydrogen-bond donors (Lipinski definition) is 2. The first kappa shape index (κ1) is 11.7. The minimum atomic E-state index is 0.0548. The minimum Gasteiger partial charge on any atom is -0.326 e. The highest BCUT2D eigenvalue weighted by atomic mass is 16.1. The van der Waals surface area contributed by atoms with Crippen LogP contribution in [-0.2, 0) is 11.3 Å². The van der Waals surface area contributed by atoms with Gasteiger partial charge in [-0.15, -0.1) is 0 Å². The molecule has 1 aromatic rings. The highest BCUT2D eigenvalue weighted by Gasteiger charge is 2.09. The lowest BCUT2D eigenvalue weighted by atomic mass is 10.1. The van der Waals surface area contributed by atoms with Gasteiger partial charge in [-0.05, 0) is 24.1 Å². The number of carbonyl (C=O) groups excluding carboxylic acids is 1. The number of anilines is 1. The average Bonchev–Trinajstić information content (AvgIpc) is 2.29. The molecule has 3 nitrogen and oxygen atoms in total. The van der Waals surface area contributed by atoms with Gasteiger partial charge < -0.3 is 11.1 Å². The summed E-state index contributed by atoms with van der Waals surface area (Å²) in [5.74, 6) is 0.122. The van der Waals surface area contributed by atoms with Crippen LogP contribution in [0.15, 0.2) is 24.3 Å². The van der Waals surface area contributed by atoms with E-state index in [1.807, 2.05) is 38.1 Å². The topological polar surface area (TPSA) is 55.1 Å². The number of nitrogens with two attached hydrogens (primary N) is 1. The van der Waals surface area contributed by atoms with Crippen molar-refractivity contribution in [2.75, 3.05) is 5.32 Å². The van der Waals surface area contributed by atoms with Crippen LogP contribution in [0.3, 0.4) is 0 Å². The Morgan fingerprint density at radius 1 is 1.40 bits per heavy atom. The lowest BCUT2D eigenvalue weighted by molar-refractivity contribution is -0.119. The Bertz CT molecular complexity index is 319. The standard InChI is InChI=1S/C12H18N2O/c1-3-9(2)12(15)14-11-6-4-10(8-13)5-7-11/h4-7,9H,3,8,13H2,1-2H3,(H,14,15)/t9-/m0/s1. The molecule has 1 rings (SSSR count). The first-order valence-corrected chi connectivity index (χ1v) is 5.27. The monoisotopic (exact) mass is 206 g/mol. The third kappa shape index (κ3) is 3.36. The Morgan fingerprint density at radius 2 is 2.00 bits per heavy atom. The molecule has 0 aliphatic carbocycles. The third-order valence-corrected chi connectivity index (χ3v) is 2.52. The average molecular weight is 206 g/mol. The maximum Gasteiger partial charge on any atom is 0.227 e. The van der Waals surface area contributed by atoms with Gasteiger partial charge in [0.1, 0.15) is 0 Å². The summed E-state index contributed by atoms with van der Waals surface area (Å²) in [6.45, 7) is 4.45. The summed E-state index contributed by atoms with van der Waals surface area (Å²) in [6.07, 6.45) is 0.854. The number of rotatable bonds is 4. The fourth-order valence-electron chi connectivity index (χ4n) is 1.18. The molecule has 1 atom stereocenters. The first-order valence-electron chi connectivity index (χ1n) is 5.27. The molecule has 0 saturated carbocycles. The molecular weight excluding hydrogens is 188 g/mol. The summed E-state index contributed by atoms with van der Waals surface area (Å²) < 4.78 is 0. The van der Waals surface area contributed by atoms with Crippen LogP contribution in [0.25, 0.3) is 0 Å². The van der Waals surface area contributed by atoms with Crippen molar-refractivity contribution in [3.8, 4) is 0 Å². The van der Waals surface area contributed by atoms with Gasteiger partial charge in [0.2, 0.25) is 5.91 Å². The van der Waals surface area contributed by atoms with Gasteiger partial charge in [-0.2, -0.15) is 0 Å². The van der Waals surface area contributed by atoms with Crippen LogP contribution in [-0.4, -0.2) is 5.91 Å². The number of carbonyl (C=O) groups is 1. The molecule has 1 amide bonds. The number of nitrogens with one attached hydrogen (secondary N) is 1. The van der Waals surface area contributed by atoms with Crippen LogP contribution in [0.4, 0.5) is 5.69 Å². The summed E-state index contributed by atoms with van der Waals surface area (Å²) in [6, 6.07) is 7.60. The van der Waals surface area contributed by atoms with E-state index in [-0.39, 0.29) is 11.8 Å². The molecule has 3 heteroatoms. The maximum atomic E-state index is 11.6. The van der Waals surface area contributed by atoms with E-state index in [9.17, 15) is 4.79 Å². The summed E-state index contributed by atoms with van der Waals surface area (Å²) in [5, 5.41) is 2.86. The zero-order chi connectivity index (χ0) is 11.3. The minimum absolute atomic E-state index is 0.0548. The normalized spacial score (nSPS) is 12.2. The molecule has 0 unspecified atom stereocenters. The molecular formula is C12H18N2O. The van der Waals surface area contributed by atoms with E-state index in [2.05, 4.69) is 5.32 Å². The van der Waals surface area contributed by atoms with Gasteiger partial charge in [-0.3, -0.25) is 4.79 Å². The van der Waals surface area contributed by atoms with E-state index in [1.54, 1.807) is 0 Å². The summed E-state index contributed by atoms with van der Waals surface area (Å²) in [4.78, 5) is 11.6. The number of amides is 1. The predicted molar refractivity (Wildman–Crippen MR) is 62.4 cm³/mol. The van der Waals surface area contributed by atoms with E-state index < -0.39 is 0 Å². The van der Waals surface area contributed by atoms with Gasteiger partial charge in [0.15, 0.2) is 0 Å². The smallest absolute Gasteiger partial charge is 0.227 e. The van der Waals surface area contributed by atoms with Crippen LogP contribution in [0.1, 0.15) is 25.8 Å². The van der Waals surface area contributed by atoms with Crippen LogP contribution >= 0.6 is 0 Å². The zero-order valence-corrected chi connectivity index (χ0v) is 9.29. The molecule has 0 spiro atoms. The van der Waals surface area contributed by atoms with Crippen LogP contribution in [0, 0.1) is 5.92 Å². The Morgan fingerprint density at radius 3 is 2.47 bits per heavy atom. The summed E-state index contributed by atoms with van der Waals surface area (Å²) in [7, 11) is 0. The molecule has 0 heterocycles. The van der Waals surface area contributed by atoms with Gasteiger partial charge in [0.05, 0.1) is 0 Å². The van der Waals surface area contributed by atoms with Crippen molar-refractivity contribution >= 4 is 11.6 Å². The van der Waals surface area contributed by atoms with E-state index in [0.717, 1.165) is 17.7 Å². The SMILES string of the molecule is CC[C@H](C)C(=O)Nc1ccc(CN)cc1. The van der Waals surface area contributed by atoms with Crippen LogP contribution in [0.5, 0.6) is 0 Å². The number of benzene rings is 1. The second-order valence-corrected chi connectivity index (χ2v) is 3.70. The van der Waals surface area contributed by atoms with Crippen molar-refractivity contribution in [3.05, 3.63) is 29.8 Å². The molecule has 0 aliphatic rings. The zero-order valence-electron chi connectivity index (χ0n) is 9.29. The Labute approximate surface area is 90.7 Å². The molecule has 0 bridgehead atoms. The van der Waals surface area contributed by atoms with Gasteiger partial charge in [-0.25, -0.2) is 0 Å². The van der Waals surface area contributed by atoms with Gasteiger partial charge in [0.25, 0.3) is 0 Å². The summed E-state index contributed by atoms with van der Waals surface area (Å²) >= 11 is 0. The largest absolute Gasteiger partial charge is 0.326 e. The van der Waals surface area contributed by atoms with E-state index in [4.69, 9.17) is 5.73 Å². The van der Waals surface area contributed by atoms with Gasteiger partial charge in [-0.1, -0.05) is 26.0 Å². The lowest BCUT2D eigenvalue weighted by Crippen LogP contribution is -2.19. The Kier molecular flexibility index (Phi) is 4.31. The molecule has 0 radical (unpaired) electrons. The molecule has 0 aromatic heterocycles. The molecule has 0 aliphatic heterocycles. The van der Waals surface area contributed by atoms with E-state index in [1.165, 1.54) is 0 Å². The fraction of sp³-hybridized carbons (Fsp3) is 0.417. The molecule has 0 saturated heterocycles. The van der Waals surface area contributed by atoms with Gasteiger partial charge in [0, 0.05) is 18.2 Å². The third-order valence-electron chi connectivity index (χ3n) is 2.52. The highest BCUT2D eigenvalue weighted by molar-refractivity contribution is 5.92. The quantitative estimate of drug-likeness (QED) is 0.793. The van der Waals surface area contributed by atoms with Gasteiger partial charge >= 0.3 is 0 Å². The first-order chi connectivity index (χ1) is 7.17. The van der Waals surface area contributed by atoms with E-state index >= 15 is 0 Å². The molecule has 82 valence electrons. The van der Waals surface area contributed by atoms with Crippen molar-refractivity contribution in [1.29, 1.82) is 0 Å². The van der Waals surface area contributed by atoms with Crippen LogP contribution < -0.4 is 11.1 Å². The Balaban J connectivity index is 2.61. The van der Waals surface area contributed by atoms with Crippen molar-refractivity contribution in [1.82, 2.24) is 0 Å². The second kappa shape index (κ2) is 5.51. The maximum absolute atomic E-state index is 11.6. The molecule has 0 fully saturated rings. The summed E-state index contributed by atoms with van der Waals surface area (Å²) in [5.41, 5.74) is 7.38. The Hall–Kier alpha value is -1.35. The number of hydrogen-bond acceptors (Lipinski definition) is 2. The molecule has 3 N–H and O–H groups in total. The molecule has 1 aromatic carbocycles. The predicted octanol–water partition coefficient (Wildman–Crippen LogP) is 2.13. The van der Waals surface area contributed by atoms with Crippen LogP contribution in [0.2, 0.25) is 0 Å². The lowest BCUT2D eigenvalue weighted by Gasteiger charge is -2.10. The van der Waals surface area contributed by atoms with E-state index in [0.29, 0.717) is 6.54 Å². The second-order valence-electron chi connectivity index (χ2n) is 3.70.